The highest BCUT2D eigenvalue weighted by atomic mass is 32.2. The van der Waals surface area contributed by atoms with Crippen LogP contribution in [-0.2, 0) is 10.0 Å². The topological polar surface area (TPSA) is 94.7 Å². The zero-order valence-corrected chi connectivity index (χ0v) is 14.4. The summed E-state index contributed by atoms with van der Waals surface area (Å²) >= 11 is 0. The first-order valence-corrected chi connectivity index (χ1v) is 9.15. The smallest absolute Gasteiger partial charge is 0.261 e. The summed E-state index contributed by atoms with van der Waals surface area (Å²) in [6, 6.07) is 23.5. The van der Waals surface area contributed by atoms with E-state index in [2.05, 4.69) is 15.0 Å². The minimum absolute atomic E-state index is 0.0874. The van der Waals surface area contributed by atoms with Crippen molar-refractivity contribution < 1.29 is 8.42 Å². The molecule has 3 aromatic carbocycles. The molecular formula is C19H14N4O2S. The molecule has 0 saturated heterocycles. The Kier molecular flexibility index (Phi) is 5.06. The fourth-order valence-electron chi connectivity index (χ4n) is 2.13. The molecule has 0 unspecified atom stereocenters. The molecule has 0 aliphatic carbocycles. The van der Waals surface area contributed by atoms with Gasteiger partial charge in [0.1, 0.15) is 0 Å². The summed E-state index contributed by atoms with van der Waals surface area (Å²) in [6.45, 7) is 0. The van der Waals surface area contributed by atoms with E-state index in [1.54, 1.807) is 24.3 Å². The van der Waals surface area contributed by atoms with Gasteiger partial charge in [0.2, 0.25) is 0 Å². The van der Waals surface area contributed by atoms with Gasteiger partial charge in [-0.1, -0.05) is 18.2 Å². The number of benzene rings is 3. The number of hydrogen-bond donors (Lipinski definition) is 1. The highest BCUT2D eigenvalue weighted by molar-refractivity contribution is 7.92. The van der Waals surface area contributed by atoms with E-state index in [1.165, 1.54) is 24.3 Å². The molecule has 1 N–H and O–H groups in total. The average Bonchev–Trinajstić information content (AvgIpc) is 2.68. The normalized spacial score (nSPS) is 11.2. The highest BCUT2D eigenvalue weighted by Crippen LogP contribution is 2.22. The third kappa shape index (κ3) is 4.32. The number of nitrogens with zero attached hydrogens (tertiary/aromatic N) is 3. The van der Waals surface area contributed by atoms with Crippen molar-refractivity contribution in [3.05, 3.63) is 84.4 Å². The number of nitrogens with one attached hydrogen (secondary N) is 1. The molecule has 0 heterocycles. The zero-order chi connectivity index (χ0) is 18.4. The van der Waals surface area contributed by atoms with Crippen LogP contribution in [0.15, 0.2) is 94.0 Å². The second kappa shape index (κ2) is 7.59. The molecule has 3 aromatic rings. The second-order valence-corrected chi connectivity index (χ2v) is 7.01. The van der Waals surface area contributed by atoms with E-state index in [0.717, 1.165) is 5.69 Å². The van der Waals surface area contributed by atoms with Crippen molar-refractivity contribution in [2.45, 2.75) is 4.90 Å². The molecular weight excluding hydrogens is 348 g/mol. The van der Waals surface area contributed by atoms with Gasteiger partial charge in [-0.2, -0.15) is 15.5 Å². The monoisotopic (exact) mass is 362 g/mol. The van der Waals surface area contributed by atoms with Crippen LogP contribution in [-0.4, -0.2) is 8.42 Å². The predicted molar refractivity (Wildman–Crippen MR) is 99.0 cm³/mol. The van der Waals surface area contributed by atoms with Gasteiger partial charge in [0.25, 0.3) is 10.0 Å². The van der Waals surface area contributed by atoms with Gasteiger partial charge in [-0.3, -0.25) is 4.72 Å². The van der Waals surface area contributed by atoms with Gasteiger partial charge in [-0.25, -0.2) is 8.42 Å². The molecule has 6 nitrogen and oxygen atoms in total. The fraction of sp³-hybridized carbons (Fsp3) is 0. The van der Waals surface area contributed by atoms with Crippen molar-refractivity contribution in [3.8, 4) is 6.07 Å². The standard InChI is InChI=1S/C19H14N4O2S/c20-14-15-6-12-19(13-7-15)26(24,25)23-18-10-8-17(9-11-18)22-21-16-4-2-1-3-5-16/h1-13,23H. The van der Waals surface area contributed by atoms with Crippen molar-refractivity contribution in [1.82, 2.24) is 0 Å². The first-order chi connectivity index (χ1) is 12.6. The average molecular weight is 362 g/mol. The summed E-state index contributed by atoms with van der Waals surface area (Å²) in [5.41, 5.74) is 2.15. The van der Waals surface area contributed by atoms with E-state index in [-0.39, 0.29) is 4.90 Å². The lowest BCUT2D eigenvalue weighted by molar-refractivity contribution is 0.601. The van der Waals surface area contributed by atoms with Crippen LogP contribution in [0.1, 0.15) is 5.56 Å². The van der Waals surface area contributed by atoms with Gasteiger partial charge in [0, 0.05) is 5.69 Å². The summed E-state index contributed by atoms with van der Waals surface area (Å²) in [4.78, 5) is 0.0874. The van der Waals surface area contributed by atoms with E-state index in [1.807, 2.05) is 36.4 Å². The van der Waals surface area contributed by atoms with Gasteiger partial charge < -0.3 is 0 Å². The summed E-state index contributed by atoms with van der Waals surface area (Å²) in [5.74, 6) is 0. The Balaban J connectivity index is 1.72. The van der Waals surface area contributed by atoms with Crippen LogP contribution in [0, 0.1) is 11.3 Å². The Morgan fingerprint density at radius 1 is 0.769 bits per heavy atom. The second-order valence-electron chi connectivity index (χ2n) is 5.32. The molecule has 0 saturated carbocycles. The van der Waals surface area contributed by atoms with Crippen LogP contribution in [0.4, 0.5) is 17.1 Å². The maximum absolute atomic E-state index is 12.4. The van der Waals surface area contributed by atoms with E-state index >= 15 is 0 Å². The molecule has 0 aliphatic rings. The Bertz CT molecular complexity index is 1050. The number of sulfonamides is 1. The first-order valence-electron chi connectivity index (χ1n) is 7.67. The van der Waals surface area contributed by atoms with Crippen LogP contribution >= 0.6 is 0 Å². The van der Waals surface area contributed by atoms with E-state index in [4.69, 9.17) is 5.26 Å². The Morgan fingerprint density at radius 2 is 1.35 bits per heavy atom. The molecule has 0 bridgehead atoms. The lowest BCUT2D eigenvalue weighted by Gasteiger charge is -2.08. The number of hydrogen-bond acceptors (Lipinski definition) is 5. The summed E-state index contributed by atoms with van der Waals surface area (Å²) in [6.07, 6.45) is 0. The predicted octanol–water partition coefficient (Wildman–Crippen LogP) is 4.77. The van der Waals surface area contributed by atoms with Gasteiger partial charge in [0.05, 0.1) is 27.9 Å². The summed E-state index contributed by atoms with van der Waals surface area (Å²) < 4.78 is 27.2. The Hall–Kier alpha value is -3.50. The van der Waals surface area contributed by atoms with Crippen LogP contribution in [0.2, 0.25) is 0 Å². The molecule has 0 aromatic heterocycles. The highest BCUT2D eigenvalue weighted by Gasteiger charge is 2.13. The molecule has 3 rings (SSSR count). The molecule has 0 aliphatic heterocycles. The van der Waals surface area contributed by atoms with Crippen molar-refractivity contribution in [2.75, 3.05) is 4.72 Å². The summed E-state index contributed by atoms with van der Waals surface area (Å²) in [7, 11) is -3.72. The van der Waals surface area contributed by atoms with Crippen molar-refractivity contribution in [2.24, 2.45) is 10.2 Å². The third-order valence-electron chi connectivity index (χ3n) is 3.45. The number of rotatable bonds is 5. The fourth-order valence-corrected chi connectivity index (χ4v) is 3.19. The first kappa shape index (κ1) is 17.3. The van der Waals surface area contributed by atoms with E-state index < -0.39 is 10.0 Å². The lowest BCUT2D eigenvalue weighted by atomic mass is 10.2. The molecule has 0 radical (unpaired) electrons. The van der Waals surface area contributed by atoms with Gasteiger partial charge in [0.15, 0.2) is 0 Å². The molecule has 26 heavy (non-hydrogen) atoms. The molecule has 0 spiro atoms. The van der Waals surface area contributed by atoms with Gasteiger partial charge in [-0.05, 0) is 60.7 Å². The van der Waals surface area contributed by atoms with Crippen LogP contribution in [0.3, 0.4) is 0 Å². The minimum atomic E-state index is -3.72. The Morgan fingerprint density at radius 3 is 1.92 bits per heavy atom. The van der Waals surface area contributed by atoms with Crippen LogP contribution in [0.5, 0.6) is 0 Å². The van der Waals surface area contributed by atoms with Gasteiger partial charge in [-0.15, -0.1) is 0 Å². The molecule has 7 heteroatoms. The van der Waals surface area contributed by atoms with Crippen LogP contribution < -0.4 is 4.72 Å². The maximum atomic E-state index is 12.4. The molecule has 0 fully saturated rings. The van der Waals surface area contributed by atoms with E-state index in [9.17, 15) is 8.42 Å². The molecule has 0 amide bonds. The van der Waals surface area contributed by atoms with Crippen molar-refractivity contribution in [1.29, 1.82) is 5.26 Å². The zero-order valence-electron chi connectivity index (χ0n) is 13.6. The summed E-state index contributed by atoms with van der Waals surface area (Å²) in [5, 5.41) is 17.0. The maximum Gasteiger partial charge on any atom is 0.261 e. The van der Waals surface area contributed by atoms with E-state index in [0.29, 0.717) is 16.9 Å². The quantitative estimate of drug-likeness (QED) is 0.662. The van der Waals surface area contributed by atoms with Crippen LogP contribution in [0.25, 0.3) is 0 Å². The van der Waals surface area contributed by atoms with Crippen molar-refractivity contribution in [3.63, 3.8) is 0 Å². The van der Waals surface area contributed by atoms with Crippen molar-refractivity contribution >= 4 is 27.1 Å². The minimum Gasteiger partial charge on any atom is -0.280 e. The third-order valence-corrected chi connectivity index (χ3v) is 4.85. The lowest BCUT2D eigenvalue weighted by Crippen LogP contribution is -2.12. The largest absolute Gasteiger partial charge is 0.280 e. The van der Waals surface area contributed by atoms with Gasteiger partial charge >= 0.3 is 0 Å². The SMILES string of the molecule is N#Cc1ccc(S(=O)(=O)Nc2ccc(N=Nc3ccccc3)cc2)cc1. The number of azo groups is 1. The Labute approximate surface area is 151 Å². The number of anilines is 1. The molecule has 128 valence electrons. The molecule has 0 atom stereocenters. The number of nitriles is 1.